The molecule has 0 aromatic heterocycles. The number of nitro benzene ring substituents is 1. The summed E-state index contributed by atoms with van der Waals surface area (Å²) in [6.07, 6.45) is 0.803. The van der Waals surface area contributed by atoms with Crippen molar-refractivity contribution in [3.8, 4) is 0 Å². The Morgan fingerprint density at radius 2 is 2.19 bits per heavy atom. The highest BCUT2D eigenvalue weighted by Crippen LogP contribution is 2.28. The number of carbonyl (C=O) groups excluding carboxylic acids is 1. The molecule has 2 saturated heterocycles. The molecule has 26 heavy (non-hydrogen) atoms. The van der Waals surface area contributed by atoms with Crippen LogP contribution in [-0.2, 0) is 16.1 Å². The van der Waals surface area contributed by atoms with Gasteiger partial charge in [-0.25, -0.2) is 0 Å². The van der Waals surface area contributed by atoms with Gasteiger partial charge in [-0.2, -0.15) is 0 Å². The van der Waals surface area contributed by atoms with E-state index < -0.39 is 4.92 Å². The third-order valence-corrected chi connectivity index (χ3v) is 5.54. The molecule has 2 heterocycles. The van der Waals surface area contributed by atoms with E-state index in [0.717, 1.165) is 25.1 Å². The number of carbonyl (C=O) groups is 1. The Hall–Kier alpha value is -1.70. The van der Waals surface area contributed by atoms with Crippen molar-refractivity contribution < 1.29 is 14.5 Å². The molecule has 0 saturated carbocycles. The number of nitrogens with zero attached hydrogens (tertiary/aromatic N) is 3. The van der Waals surface area contributed by atoms with Crippen molar-refractivity contribution in [2.75, 3.05) is 32.8 Å². The fraction of sp³-hybridized carbons (Fsp3) is 0.611. The smallest absolute Gasteiger partial charge is 0.274 e. The molecule has 7 nitrogen and oxygen atoms in total. The van der Waals surface area contributed by atoms with Crippen molar-refractivity contribution in [2.45, 2.75) is 32.9 Å². The number of ether oxygens (including phenoxy) is 1. The second-order valence-corrected chi connectivity index (χ2v) is 7.58. The Kier molecular flexibility index (Phi) is 5.79. The van der Waals surface area contributed by atoms with Crippen molar-refractivity contribution in [3.63, 3.8) is 0 Å². The third-order valence-electron chi connectivity index (χ3n) is 5.32. The van der Waals surface area contributed by atoms with Gasteiger partial charge in [-0.15, -0.1) is 0 Å². The van der Waals surface area contributed by atoms with Gasteiger partial charge in [0, 0.05) is 55.5 Å². The molecule has 8 heteroatoms. The van der Waals surface area contributed by atoms with E-state index in [1.165, 1.54) is 6.07 Å². The highest BCUT2D eigenvalue weighted by molar-refractivity contribution is 6.30. The lowest BCUT2D eigenvalue weighted by molar-refractivity contribution is -0.385. The minimum absolute atomic E-state index is 0.0122. The van der Waals surface area contributed by atoms with Gasteiger partial charge in [0.15, 0.2) is 0 Å². The molecule has 2 aliphatic heterocycles. The summed E-state index contributed by atoms with van der Waals surface area (Å²) in [6.45, 7) is 7.72. The Balaban J connectivity index is 1.66. The van der Waals surface area contributed by atoms with E-state index in [0.29, 0.717) is 36.9 Å². The quantitative estimate of drug-likeness (QED) is 0.592. The highest BCUT2D eigenvalue weighted by Gasteiger charge is 2.33. The molecule has 1 amide bonds. The highest BCUT2D eigenvalue weighted by atomic mass is 35.5. The number of amides is 1. The van der Waals surface area contributed by atoms with Gasteiger partial charge in [0.1, 0.15) is 0 Å². The fourth-order valence-electron chi connectivity index (χ4n) is 3.78. The van der Waals surface area contributed by atoms with Gasteiger partial charge in [-0.1, -0.05) is 11.6 Å². The van der Waals surface area contributed by atoms with Gasteiger partial charge in [0.2, 0.25) is 5.91 Å². The predicted octanol–water partition coefficient (Wildman–Crippen LogP) is 2.63. The van der Waals surface area contributed by atoms with Crippen molar-refractivity contribution in [2.24, 2.45) is 5.92 Å². The number of nitro groups is 1. The maximum atomic E-state index is 12.6. The predicted molar refractivity (Wildman–Crippen MR) is 98.2 cm³/mol. The van der Waals surface area contributed by atoms with Crippen LogP contribution >= 0.6 is 11.6 Å². The number of piperazine rings is 1. The standard InChI is InChI=1S/C18H24ClN3O4/c1-12-9-20(4-5-21(12)18(23)14-3-6-26-11-14)10-15-7-16(19)8-17(13(15)2)22(24)25/h7-8,12,14H,3-6,9-11H2,1-2H3. The summed E-state index contributed by atoms with van der Waals surface area (Å²) in [5, 5.41) is 11.6. The molecule has 0 radical (unpaired) electrons. The van der Waals surface area contributed by atoms with Gasteiger partial charge in [0.25, 0.3) is 5.69 Å². The second-order valence-electron chi connectivity index (χ2n) is 7.14. The lowest BCUT2D eigenvalue weighted by Gasteiger charge is -2.41. The fourth-order valence-corrected chi connectivity index (χ4v) is 4.02. The van der Waals surface area contributed by atoms with Crippen LogP contribution in [0, 0.1) is 23.0 Å². The third kappa shape index (κ3) is 4.00. The Morgan fingerprint density at radius 1 is 1.42 bits per heavy atom. The molecule has 0 aliphatic carbocycles. The summed E-state index contributed by atoms with van der Waals surface area (Å²) in [7, 11) is 0. The molecule has 142 valence electrons. The first-order valence-electron chi connectivity index (χ1n) is 8.90. The number of hydrogen-bond donors (Lipinski definition) is 0. The molecular formula is C18H24ClN3O4. The van der Waals surface area contributed by atoms with Gasteiger partial charge in [-0.05, 0) is 31.9 Å². The number of hydrogen-bond acceptors (Lipinski definition) is 5. The van der Waals surface area contributed by atoms with E-state index in [1.54, 1.807) is 13.0 Å². The number of rotatable bonds is 4. The molecule has 0 spiro atoms. The summed E-state index contributed by atoms with van der Waals surface area (Å²) in [4.78, 5) is 27.6. The van der Waals surface area contributed by atoms with E-state index in [2.05, 4.69) is 4.90 Å². The minimum Gasteiger partial charge on any atom is -0.381 e. The monoisotopic (exact) mass is 381 g/mol. The maximum Gasteiger partial charge on any atom is 0.274 e. The van der Waals surface area contributed by atoms with Crippen molar-refractivity contribution in [3.05, 3.63) is 38.4 Å². The van der Waals surface area contributed by atoms with Crippen molar-refractivity contribution in [1.82, 2.24) is 9.80 Å². The first-order valence-corrected chi connectivity index (χ1v) is 9.28. The van der Waals surface area contributed by atoms with Crippen LogP contribution < -0.4 is 0 Å². The first-order chi connectivity index (χ1) is 12.4. The van der Waals surface area contributed by atoms with Gasteiger partial charge < -0.3 is 9.64 Å². The Morgan fingerprint density at radius 3 is 2.81 bits per heavy atom. The molecule has 1 aromatic carbocycles. The summed E-state index contributed by atoms with van der Waals surface area (Å²) in [5.41, 5.74) is 1.56. The van der Waals surface area contributed by atoms with E-state index in [9.17, 15) is 14.9 Å². The Bertz CT molecular complexity index is 706. The summed E-state index contributed by atoms with van der Waals surface area (Å²) < 4.78 is 5.33. The van der Waals surface area contributed by atoms with Crippen molar-refractivity contribution in [1.29, 1.82) is 0 Å². The number of benzene rings is 1. The topological polar surface area (TPSA) is 75.9 Å². The average molecular weight is 382 g/mol. The van der Waals surface area contributed by atoms with Crippen molar-refractivity contribution >= 4 is 23.2 Å². The average Bonchev–Trinajstić information content (AvgIpc) is 3.11. The minimum atomic E-state index is -0.395. The second kappa shape index (κ2) is 7.90. The molecule has 2 aliphatic rings. The zero-order valence-electron chi connectivity index (χ0n) is 15.1. The maximum absolute atomic E-state index is 12.6. The zero-order chi connectivity index (χ0) is 18.8. The summed E-state index contributed by atoms with van der Waals surface area (Å²) in [5.74, 6) is 0.172. The SMILES string of the molecule is Cc1c(CN2CCN(C(=O)C3CCOC3)C(C)C2)cc(Cl)cc1[N+](=O)[O-]. The molecule has 1 aromatic rings. The lowest BCUT2D eigenvalue weighted by atomic mass is 10.0. The largest absolute Gasteiger partial charge is 0.381 e. The molecule has 2 fully saturated rings. The van der Waals surface area contributed by atoms with Crippen LogP contribution in [0.3, 0.4) is 0 Å². The van der Waals surface area contributed by atoms with E-state index in [4.69, 9.17) is 16.3 Å². The van der Waals surface area contributed by atoms with E-state index in [-0.39, 0.29) is 23.6 Å². The Labute approximate surface area is 158 Å². The molecule has 0 N–H and O–H groups in total. The summed E-state index contributed by atoms with van der Waals surface area (Å²) in [6, 6.07) is 3.29. The molecule has 2 unspecified atom stereocenters. The van der Waals surface area contributed by atoms with Crippen LogP contribution in [0.5, 0.6) is 0 Å². The van der Waals surface area contributed by atoms with Crippen LogP contribution in [0.15, 0.2) is 12.1 Å². The number of halogens is 1. The first kappa shape index (κ1) is 19.1. The van der Waals surface area contributed by atoms with Crippen LogP contribution in [0.1, 0.15) is 24.5 Å². The lowest BCUT2D eigenvalue weighted by Crippen LogP contribution is -2.55. The molecule has 0 bridgehead atoms. The summed E-state index contributed by atoms with van der Waals surface area (Å²) >= 11 is 6.06. The van der Waals surface area contributed by atoms with Crippen LogP contribution in [0.4, 0.5) is 5.69 Å². The van der Waals surface area contributed by atoms with E-state index in [1.807, 2.05) is 11.8 Å². The van der Waals surface area contributed by atoms with Gasteiger partial charge in [-0.3, -0.25) is 19.8 Å². The zero-order valence-corrected chi connectivity index (χ0v) is 15.9. The van der Waals surface area contributed by atoms with Gasteiger partial charge >= 0.3 is 0 Å². The molecule has 2 atom stereocenters. The van der Waals surface area contributed by atoms with Gasteiger partial charge in [0.05, 0.1) is 17.4 Å². The normalized spacial score (nSPS) is 24.0. The molecular weight excluding hydrogens is 358 g/mol. The van der Waals surface area contributed by atoms with Crippen LogP contribution in [0.25, 0.3) is 0 Å². The molecule has 3 rings (SSSR count). The van der Waals surface area contributed by atoms with Crippen LogP contribution in [-0.4, -0.2) is 59.5 Å². The van der Waals surface area contributed by atoms with E-state index >= 15 is 0 Å². The van der Waals surface area contributed by atoms with Crippen LogP contribution in [0.2, 0.25) is 5.02 Å².